The van der Waals surface area contributed by atoms with Gasteiger partial charge in [0.05, 0.1) is 5.52 Å². The van der Waals surface area contributed by atoms with Crippen molar-refractivity contribution in [3.63, 3.8) is 0 Å². The van der Waals surface area contributed by atoms with E-state index in [-0.39, 0.29) is 5.82 Å². The molecule has 96 valence electrons. The van der Waals surface area contributed by atoms with Gasteiger partial charge in [-0.2, -0.15) is 5.26 Å². The molecule has 0 bridgehead atoms. The minimum absolute atomic E-state index is 0.314. The molecule has 2 aromatic carbocycles. The van der Waals surface area contributed by atoms with Crippen LogP contribution in [0.5, 0.6) is 0 Å². The smallest absolute Gasteiger partial charge is 0.161 e. The second-order valence-corrected chi connectivity index (χ2v) is 4.54. The molecule has 0 aliphatic rings. The van der Waals surface area contributed by atoms with Crippen LogP contribution < -0.4 is 0 Å². The average molecular weight is 263 g/mol. The fraction of sp³-hybridized carbons (Fsp3) is 0.0625. The van der Waals surface area contributed by atoms with E-state index in [2.05, 4.69) is 16.0 Å². The summed E-state index contributed by atoms with van der Waals surface area (Å²) in [6.45, 7) is 1.96. The predicted molar refractivity (Wildman–Crippen MR) is 74.4 cm³/mol. The third kappa shape index (κ3) is 2.10. The molecule has 0 radical (unpaired) electrons. The number of rotatable bonds is 1. The molecule has 0 N–H and O–H groups in total. The fourth-order valence-electron chi connectivity index (χ4n) is 2.05. The fourth-order valence-corrected chi connectivity index (χ4v) is 2.05. The number of aromatic nitrogens is 2. The van der Waals surface area contributed by atoms with Crippen molar-refractivity contribution in [2.75, 3.05) is 0 Å². The molecule has 4 heteroatoms. The number of aryl methyl sites for hydroxylation is 1. The van der Waals surface area contributed by atoms with Gasteiger partial charge in [-0.25, -0.2) is 14.4 Å². The number of hydrogen-bond acceptors (Lipinski definition) is 3. The molecule has 0 aliphatic heterocycles. The van der Waals surface area contributed by atoms with Crippen molar-refractivity contribution in [1.29, 1.82) is 5.26 Å². The van der Waals surface area contributed by atoms with Gasteiger partial charge in [-0.05, 0) is 48.9 Å². The number of fused-ring (bicyclic) bond motifs is 1. The molecule has 20 heavy (non-hydrogen) atoms. The molecule has 0 amide bonds. The lowest BCUT2D eigenvalue weighted by atomic mass is 10.1. The van der Waals surface area contributed by atoms with Crippen molar-refractivity contribution >= 4 is 10.9 Å². The first kappa shape index (κ1) is 12.2. The zero-order chi connectivity index (χ0) is 14.1. The number of halogens is 1. The van der Waals surface area contributed by atoms with Crippen molar-refractivity contribution < 1.29 is 4.39 Å². The van der Waals surface area contributed by atoms with Crippen molar-refractivity contribution in [1.82, 2.24) is 9.97 Å². The van der Waals surface area contributed by atoms with Gasteiger partial charge in [0, 0.05) is 10.9 Å². The van der Waals surface area contributed by atoms with E-state index in [4.69, 9.17) is 0 Å². The summed E-state index contributed by atoms with van der Waals surface area (Å²) in [6, 6.07) is 13.7. The summed E-state index contributed by atoms with van der Waals surface area (Å²) < 4.78 is 13.0. The molecule has 3 nitrogen and oxygen atoms in total. The monoisotopic (exact) mass is 263 g/mol. The molecular weight excluding hydrogens is 253 g/mol. The van der Waals surface area contributed by atoms with Gasteiger partial charge >= 0.3 is 0 Å². The van der Waals surface area contributed by atoms with Crippen LogP contribution in [0.15, 0.2) is 42.5 Å². The lowest BCUT2D eigenvalue weighted by Gasteiger charge is -2.05. The van der Waals surface area contributed by atoms with Crippen molar-refractivity contribution in [2.45, 2.75) is 6.92 Å². The van der Waals surface area contributed by atoms with E-state index in [0.29, 0.717) is 17.1 Å². The molecule has 0 saturated heterocycles. The van der Waals surface area contributed by atoms with Gasteiger partial charge in [0.25, 0.3) is 0 Å². The minimum atomic E-state index is -0.314. The Balaban J connectivity index is 2.27. The Morgan fingerprint density at radius 1 is 1.05 bits per heavy atom. The molecule has 0 fully saturated rings. The van der Waals surface area contributed by atoms with E-state index >= 15 is 0 Å². The second kappa shape index (κ2) is 4.71. The van der Waals surface area contributed by atoms with E-state index < -0.39 is 0 Å². The number of nitrogens with zero attached hydrogens (tertiary/aromatic N) is 3. The maximum atomic E-state index is 13.0. The van der Waals surface area contributed by atoms with Gasteiger partial charge < -0.3 is 0 Å². The van der Waals surface area contributed by atoms with Crippen LogP contribution in [-0.2, 0) is 0 Å². The molecule has 1 aromatic heterocycles. The van der Waals surface area contributed by atoms with E-state index in [1.807, 2.05) is 25.1 Å². The van der Waals surface area contributed by atoms with Crippen LogP contribution in [-0.4, -0.2) is 9.97 Å². The van der Waals surface area contributed by atoms with Crippen LogP contribution in [0.2, 0.25) is 0 Å². The molecule has 0 saturated carbocycles. The third-order valence-corrected chi connectivity index (χ3v) is 3.06. The zero-order valence-electron chi connectivity index (χ0n) is 10.8. The van der Waals surface area contributed by atoms with E-state index in [1.165, 1.54) is 12.1 Å². The molecule has 0 spiro atoms. The van der Waals surface area contributed by atoms with Crippen LogP contribution in [0.3, 0.4) is 0 Å². The van der Waals surface area contributed by atoms with Gasteiger partial charge in [-0.1, -0.05) is 6.07 Å². The largest absolute Gasteiger partial charge is 0.228 e. The van der Waals surface area contributed by atoms with Gasteiger partial charge in [0.1, 0.15) is 11.9 Å². The summed E-state index contributed by atoms with van der Waals surface area (Å²) in [5.74, 6) is 0.116. The Morgan fingerprint density at radius 3 is 2.50 bits per heavy atom. The maximum Gasteiger partial charge on any atom is 0.161 e. The number of hydrogen-bond donors (Lipinski definition) is 0. The lowest BCUT2D eigenvalue weighted by Crippen LogP contribution is -1.95. The normalized spacial score (nSPS) is 10.4. The predicted octanol–water partition coefficient (Wildman–Crippen LogP) is 3.62. The van der Waals surface area contributed by atoms with Crippen LogP contribution in [0.1, 0.15) is 11.3 Å². The molecular formula is C16H10FN3. The Kier molecular flexibility index (Phi) is 2.88. The summed E-state index contributed by atoms with van der Waals surface area (Å²) in [5.41, 5.74) is 2.79. The van der Waals surface area contributed by atoms with Crippen LogP contribution in [0, 0.1) is 24.1 Å². The third-order valence-electron chi connectivity index (χ3n) is 3.06. The number of benzene rings is 2. The van der Waals surface area contributed by atoms with Crippen LogP contribution in [0.4, 0.5) is 4.39 Å². The second-order valence-electron chi connectivity index (χ2n) is 4.54. The van der Waals surface area contributed by atoms with Gasteiger partial charge in [-0.15, -0.1) is 0 Å². The molecule has 3 aromatic rings. The standard InChI is InChI=1S/C16H10FN3/c1-10-2-7-13-14(8-10)19-16(20-15(13)9-18)11-3-5-12(17)6-4-11/h2-8H,1H3. The Bertz CT molecular complexity index is 833. The Morgan fingerprint density at radius 2 is 1.80 bits per heavy atom. The average Bonchev–Trinajstić information content (AvgIpc) is 2.46. The van der Waals surface area contributed by atoms with Crippen LogP contribution in [0.25, 0.3) is 22.3 Å². The highest BCUT2D eigenvalue weighted by Crippen LogP contribution is 2.22. The minimum Gasteiger partial charge on any atom is -0.228 e. The van der Waals surface area contributed by atoms with Crippen LogP contribution >= 0.6 is 0 Å². The van der Waals surface area contributed by atoms with Crippen molar-refractivity contribution in [2.24, 2.45) is 0 Å². The summed E-state index contributed by atoms with van der Waals surface area (Å²) >= 11 is 0. The Labute approximate surface area is 115 Å². The SMILES string of the molecule is Cc1ccc2c(C#N)nc(-c3ccc(F)cc3)nc2c1. The summed E-state index contributed by atoms with van der Waals surface area (Å²) in [4.78, 5) is 8.71. The molecule has 0 atom stereocenters. The first-order valence-corrected chi connectivity index (χ1v) is 6.12. The first-order valence-electron chi connectivity index (χ1n) is 6.12. The first-order chi connectivity index (χ1) is 9.67. The molecule has 3 rings (SSSR count). The summed E-state index contributed by atoms with van der Waals surface area (Å²) in [6.07, 6.45) is 0. The molecule has 0 unspecified atom stereocenters. The van der Waals surface area contributed by atoms with Crippen molar-refractivity contribution in [3.8, 4) is 17.5 Å². The summed E-state index contributed by atoms with van der Waals surface area (Å²) in [5, 5.41) is 9.95. The van der Waals surface area contributed by atoms with E-state index in [1.54, 1.807) is 12.1 Å². The highest BCUT2D eigenvalue weighted by molar-refractivity contribution is 5.85. The quantitative estimate of drug-likeness (QED) is 0.673. The topological polar surface area (TPSA) is 49.6 Å². The zero-order valence-corrected chi connectivity index (χ0v) is 10.8. The molecule has 0 aliphatic carbocycles. The highest BCUT2D eigenvalue weighted by Gasteiger charge is 2.09. The van der Waals surface area contributed by atoms with Gasteiger partial charge in [-0.3, -0.25) is 0 Å². The summed E-state index contributed by atoms with van der Waals surface area (Å²) in [7, 11) is 0. The van der Waals surface area contributed by atoms with Crippen molar-refractivity contribution in [3.05, 3.63) is 59.5 Å². The van der Waals surface area contributed by atoms with E-state index in [0.717, 1.165) is 16.5 Å². The highest BCUT2D eigenvalue weighted by atomic mass is 19.1. The lowest BCUT2D eigenvalue weighted by molar-refractivity contribution is 0.628. The molecule has 1 heterocycles. The Hall–Kier alpha value is -2.80. The van der Waals surface area contributed by atoms with Gasteiger partial charge in [0.2, 0.25) is 0 Å². The number of nitriles is 1. The maximum absolute atomic E-state index is 13.0. The van der Waals surface area contributed by atoms with E-state index in [9.17, 15) is 9.65 Å². The van der Waals surface area contributed by atoms with Gasteiger partial charge in [0.15, 0.2) is 11.5 Å².